The highest BCUT2D eigenvalue weighted by Crippen LogP contribution is 2.17. The van der Waals surface area contributed by atoms with Crippen molar-refractivity contribution in [1.29, 1.82) is 5.26 Å². The van der Waals surface area contributed by atoms with Gasteiger partial charge in [-0.3, -0.25) is 9.59 Å². The molecule has 0 aromatic heterocycles. The molecule has 0 saturated heterocycles. The molecule has 0 spiro atoms. The third-order valence-electron chi connectivity index (χ3n) is 4.64. The van der Waals surface area contributed by atoms with Crippen LogP contribution >= 0.6 is 0 Å². The van der Waals surface area contributed by atoms with E-state index in [0.717, 1.165) is 11.1 Å². The molecule has 35 heavy (non-hydrogen) atoms. The van der Waals surface area contributed by atoms with Crippen LogP contribution in [0.2, 0.25) is 0 Å². The van der Waals surface area contributed by atoms with Gasteiger partial charge in [-0.1, -0.05) is 42.0 Å². The van der Waals surface area contributed by atoms with Crippen molar-refractivity contribution in [2.75, 3.05) is 6.61 Å². The molecule has 0 aliphatic rings. The van der Waals surface area contributed by atoms with Crippen LogP contribution < -0.4 is 20.7 Å². The van der Waals surface area contributed by atoms with Gasteiger partial charge in [-0.15, -0.1) is 0 Å². The summed E-state index contributed by atoms with van der Waals surface area (Å²) in [6, 6.07) is 14.9. The van der Waals surface area contributed by atoms with Gasteiger partial charge in [-0.2, -0.15) is 5.26 Å². The quantitative estimate of drug-likeness (QED) is 0.322. The molecule has 0 aliphatic carbocycles. The van der Waals surface area contributed by atoms with E-state index in [4.69, 9.17) is 9.84 Å². The molecule has 0 radical (unpaired) electrons. The molecule has 4 N–H and O–H groups in total. The van der Waals surface area contributed by atoms with E-state index in [1.165, 1.54) is 6.08 Å². The maximum atomic E-state index is 12.6. The predicted molar refractivity (Wildman–Crippen MR) is 131 cm³/mol. The van der Waals surface area contributed by atoms with E-state index in [2.05, 4.69) is 16.0 Å². The number of carbonyl (C=O) groups is 3. The zero-order valence-electron chi connectivity index (χ0n) is 20.2. The number of nitriles is 1. The molecular weight excluding hydrogens is 448 g/mol. The van der Waals surface area contributed by atoms with Crippen LogP contribution in [0.15, 0.2) is 54.1 Å². The number of hydrogen-bond acceptors (Lipinski definition) is 5. The van der Waals surface area contributed by atoms with Gasteiger partial charge in [0.25, 0.3) is 5.91 Å². The Bertz CT molecular complexity index is 1130. The van der Waals surface area contributed by atoms with Crippen LogP contribution in [0.1, 0.15) is 37.5 Å². The number of aryl methyl sites for hydroxylation is 1. The summed E-state index contributed by atoms with van der Waals surface area (Å²) in [5.74, 6) is -0.687. The molecule has 0 unspecified atom stereocenters. The van der Waals surface area contributed by atoms with Gasteiger partial charge >= 0.3 is 6.09 Å². The lowest BCUT2D eigenvalue weighted by Crippen LogP contribution is -2.49. The number of carboxylic acid groups (broad SMARTS) is 1. The Morgan fingerprint density at radius 3 is 2.43 bits per heavy atom. The highest BCUT2D eigenvalue weighted by Gasteiger charge is 2.21. The molecule has 9 nitrogen and oxygen atoms in total. The van der Waals surface area contributed by atoms with E-state index >= 15 is 0 Å². The number of carbonyl (C=O) groups excluding carboxylic acids is 2. The molecule has 3 amide bonds. The zero-order valence-corrected chi connectivity index (χ0v) is 20.2. The number of benzene rings is 2. The summed E-state index contributed by atoms with van der Waals surface area (Å²) in [7, 11) is 0. The molecule has 9 heteroatoms. The Hall–Kier alpha value is -4.32. The van der Waals surface area contributed by atoms with Gasteiger partial charge < -0.3 is 25.8 Å². The fourth-order valence-corrected chi connectivity index (χ4v) is 2.95. The second kappa shape index (κ2) is 12.2. The van der Waals surface area contributed by atoms with E-state index in [1.807, 2.05) is 58.0 Å². The molecule has 0 heterocycles. The van der Waals surface area contributed by atoms with Gasteiger partial charge in [0.15, 0.2) is 0 Å². The fourth-order valence-electron chi connectivity index (χ4n) is 2.95. The van der Waals surface area contributed by atoms with Crippen molar-refractivity contribution in [1.82, 2.24) is 16.0 Å². The molecule has 2 aromatic rings. The first-order chi connectivity index (χ1) is 16.5. The number of amides is 3. The first kappa shape index (κ1) is 26.9. The lowest BCUT2D eigenvalue weighted by atomic mass is 10.1. The van der Waals surface area contributed by atoms with E-state index in [1.54, 1.807) is 24.3 Å². The molecule has 0 fully saturated rings. The Morgan fingerprint density at radius 1 is 1.14 bits per heavy atom. The van der Waals surface area contributed by atoms with Crippen molar-refractivity contribution in [2.45, 2.75) is 45.8 Å². The van der Waals surface area contributed by atoms with Gasteiger partial charge in [-0.05, 0) is 57.0 Å². The van der Waals surface area contributed by atoms with Crippen molar-refractivity contribution in [3.63, 3.8) is 0 Å². The molecule has 2 rings (SSSR count). The monoisotopic (exact) mass is 478 g/mol. The maximum absolute atomic E-state index is 12.6. The van der Waals surface area contributed by atoms with Crippen LogP contribution in [0.3, 0.4) is 0 Å². The van der Waals surface area contributed by atoms with Gasteiger partial charge in [-0.25, -0.2) is 4.79 Å². The average Bonchev–Trinajstić information content (AvgIpc) is 2.78. The topological polar surface area (TPSA) is 141 Å². The predicted octanol–water partition coefficient (Wildman–Crippen LogP) is 3.15. The van der Waals surface area contributed by atoms with E-state index in [9.17, 15) is 19.6 Å². The fraction of sp³-hybridized carbons (Fsp3) is 0.308. The summed E-state index contributed by atoms with van der Waals surface area (Å²) >= 11 is 0. The summed E-state index contributed by atoms with van der Waals surface area (Å²) in [6.45, 7) is 7.38. The van der Waals surface area contributed by atoms with Gasteiger partial charge in [0.2, 0.25) is 5.91 Å². The Balaban J connectivity index is 2.07. The smallest absolute Gasteiger partial charge is 0.405 e. The van der Waals surface area contributed by atoms with Crippen LogP contribution in [-0.2, 0) is 16.1 Å². The van der Waals surface area contributed by atoms with E-state index in [0.29, 0.717) is 11.3 Å². The van der Waals surface area contributed by atoms with Crippen molar-refractivity contribution in [3.8, 4) is 11.8 Å². The lowest BCUT2D eigenvalue weighted by molar-refractivity contribution is -0.124. The number of ether oxygens (including phenoxy) is 1. The standard InChI is InChI=1S/C26H30N4O5/c1-17-8-10-18(11-9-17)15-28-24(32)22(29-25(33)34)16-35-21-7-5-6-19(13-21)12-20(14-27)23(31)30-26(2,3)4/h5-13,22,29H,15-16H2,1-4H3,(H,28,32)(H,30,31)(H,33,34)/t22-/m0/s1. The van der Waals surface area contributed by atoms with Crippen molar-refractivity contribution >= 4 is 24.0 Å². The minimum absolute atomic E-state index is 0.0713. The highest BCUT2D eigenvalue weighted by molar-refractivity contribution is 6.02. The zero-order chi connectivity index (χ0) is 26.0. The van der Waals surface area contributed by atoms with Crippen LogP contribution in [-0.4, -0.2) is 41.2 Å². The normalized spacial score (nSPS) is 12.1. The van der Waals surface area contributed by atoms with Crippen LogP contribution in [0.25, 0.3) is 6.08 Å². The van der Waals surface area contributed by atoms with Gasteiger partial charge in [0.1, 0.15) is 30.0 Å². The Labute approximate surface area is 204 Å². The highest BCUT2D eigenvalue weighted by atomic mass is 16.5. The van der Waals surface area contributed by atoms with Gasteiger partial charge in [0, 0.05) is 12.1 Å². The van der Waals surface area contributed by atoms with Crippen molar-refractivity contribution in [2.24, 2.45) is 0 Å². The minimum Gasteiger partial charge on any atom is -0.491 e. The summed E-state index contributed by atoms with van der Waals surface area (Å²) in [6.07, 6.45) is 0.0687. The first-order valence-corrected chi connectivity index (χ1v) is 11.0. The molecule has 1 atom stereocenters. The number of rotatable bonds is 9. The molecule has 0 aliphatic heterocycles. The Morgan fingerprint density at radius 2 is 1.83 bits per heavy atom. The van der Waals surface area contributed by atoms with Crippen molar-refractivity contribution in [3.05, 3.63) is 70.8 Å². The number of nitrogens with one attached hydrogen (secondary N) is 3. The molecule has 184 valence electrons. The first-order valence-electron chi connectivity index (χ1n) is 11.0. The molecule has 0 saturated carbocycles. The SMILES string of the molecule is Cc1ccc(CNC(=O)[C@H](COc2cccc(C=C(C#N)C(=O)NC(C)(C)C)c2)NC(=O)O)cc1. The third kappa shape index (κ3) is 9.60. The van der Waals surface area contributed by atoms with Crippen LogP contribution in [0.5, 0.6) is 5.75 Å². The summed E-state index contributed by atoms with van der Waals surface area (Å²) in [5, 5.41) is 26.1. The molecular formula is C26H30N4O5. The molecule has 0 bridgehead atoms. The minimum atomic E-state index is -1.36. The van der Waals surface area contributed by atoms with Crippen LogP contribution in [0.4, 0.5) is 4.79 Å². The third-order valence-corrected chi connectivity index (χ3v) is 4.64. The number of hydrogen-bond donors (Lipinski definition) is 4. The number of nitrogens with zero attached hydrogens (tertiary/aromatic N) is 1. The second-order valence-corrected chi connectivity index (χ2v) is 8.96. The largest absolute Gasteiger partial charge is 0.491 e. The van der Waals surface area contributed by atoms with E-state index in [-0.39, 0.29) is 18.7 Å². The van der Waals surface area contributed by atoms with Crippen molar-refractivity contribution < 1.29 is 24.2 Å². The van der Waals surface area contributed by atoms with E-state index < -0.39 is 29.5 Å². The maximum Gasteiger partial charge on any atom is 0.405 e. The Kier molecular flexibility index (Phi) is 9.41. The molecule has 2 aromatic carbocycles. The summed E-state index contributed by atoms with van der Waals surface area (Å²) < 4.78 is 5.66. The summed E-state index contributed by atoms with van der Waals surface area (Å²) in [5.41, 5.74) is 1.94. The average molecular weight is 479 g/mol. The lowest BCUT2D eigenvalue weighted by Gasteiger charge is -2.20. The van der Waals surface area contributed by atoms with Crippen LogP contribution in [0, 0.1) is 18.3 Å². The summed E-state index contributed by atoms with van der Waals surface area (Å²) in [4.78, 5) is 36.1. The second-order valence-electron chi connectivity index (χ2n) is 8.96. The van der Waals surface area contributed by atoms with Gasteiger partial charge in [0.05, 0.1) is 0 Å².